The highest BCUT2D eigenvalue weighted by molar-refractivity contribution is 9.10. The summed E-state index contributed by atoms with van der Waals surface area (Å²) in [5, 5.41) is 1.05. The number of unbranched alkanes of at least 4 members (excludes halogenated alkanes) is 3. The summed E-state index contributed by atoms with van der Waals surface area (Å²) in [4.78, 5) is 0.242. The molecule has 0 unspecified atom stereocenters. The Labute approximate surface area is 172 Å². The maximum atomic E-state index is 12.8. The van der Waals surface area contributed by atoms with E-state index in [1.54, 1.807) is 55.6 Å². The van der Waals surface area contributed by atoms with Crippen LogP contribution >= 0.6 is 31.9 Å². The fourth-order valence-corrected chi connectivity index (χ4v) is 4.99. The number of benzene rings is 2. The maximum absolute atomic E-state index is 12.8. The van der Waals surface area contributed by atoms with Gasteiger partial charge in [-0.2, -0.15) is 0 Å². The standard InChI is InChI=1S/C19H23Br2NO3S/c1-22(26(23,24)19-9-5-4-8-18(19)21)16-10-12-17(13-11-16)25-15-7-3-2-6-14-20/h4-5,8-13H,2-3,6-7,14-15H2,1H3. The van der Waals surface area contributed by atoms with Gasteiger partial charge in [0.1, 0.15) is 10.6 Å². The molecule has 0 aliphatic rings. The minimum Gasteiger partial charge on any atom is -0.494 e. The largest absolute Gasteiger partial charge is 0.494 e. The van der Waals surface area contributed by atoms with E-state index >= 15 is 0 Å². The van der Waals surface area contributed by atoms with Crippen LogP contribution in [-0.2, 0) is 10.0 Å². The first-order chi connectivity index (χ1) is 12.5. The molecule has 7 heteroatoms. The van der Waals surface area contributed by atoms with Gasteiger partial charge in [-0.15, -0.1) is 0 Å². The van der Waals surface area contributed by atoms with E-state index in [2.05, 4.69) is 31.9 Å². The van der Waals surface area contributed by atoms with Crippen molar-refractivity contribution in [2.24, 2.45) is 0 Å². The van der Waals surface area contributed by atoms with Crippen molar-refractivity contribution in [3.8, 4) is 5.75 Å². The number of ether oxygens (including phenoxy) is 1. The fraction of sp³-hybridized carbons (Fsp3) is 0.368. The van der Waals surface area contributed by atoms with Gasteiger partial charge >= 0.3 is 0 Å². The Morgan fingerprint density at radius 2 is 1.62 bits per heavy atom. The first-order valence-electron chi connectivity index (χ1n) is 8.49. The van der Waals surface area contributed by atoms with Gasteiger partial charge < -0.3 is 4.74 Å². The van der Waals surface area contributed by atoms with Gasteiger partial charge in [0.15, 0.2) is 0 Å². The van der Waals surface area contributed by atoms with Gasteiger partial charge in [0.2, 0.25) is 0 Å². The van der Waals surface area contributed by atoms with E-state index in [1.807, 2.05) is 0 Å². The van der Waals surface area contributed by atoms with Crippen LogP contribution in [0.15, 0.2) is 57.9 Å². The third-order valence-corrected chi connectivity index (χ3v) is 7.33. The average Bonchev–Trinajstić information content (AvgIpc) is 2.64. The van der Waals surface area contributed by atoms with E-state index in [0.717, 1.165) is 23.9 Å². The molecule has 2 aromatic rings. The summed E-state index contributed by atoms with van der Waals surface area (Å²) in [6.45, 7) is 0.673. The quantitative estimate of drug-likeness (QED) is 0.312. The monoisotopic (exact) mass is 503 g/mol. The summed E-state index contributed by atoms with van der Waals surface area (Å²) < 4.78 is 33.1. The van der Waals surface area contributed by atoms with Crippen molar-refractivity contribution < 1.29 is 13.2 Å². The van der Waals surface area contributed by atoms with Crippen LogP contribution in [-0.4, -0.2) is 27.4 Å². The van der Waals surface area contributed by atoms with Crippen LogP contribution in [0.1, 0.15) is 25.7 Å². The zero-order valence-electron chi connectivity index (χ0n) is 14.7. The van der Waals surface area contributed by atoms with Gasteiger partial charge in [-0.25, -0.2) is 8.42 Å². The van der Waals surface area contributed by atoms with Gasteiger partial charge in [0.05, 0.1) is 12.3 Å². The summed E-state index contributed by atoms with van der Waals surface area (Å²) >= 11 is 6.73. The van der Waals surface area contributed by atoms with E-state index in [1.165, 1.54) is 17.1 Å². The number of hydrogen-bond acceptors (Lipinski definition) is 3. The number of alkyl halides is 1. The number of nitrogens with zero attached hydrogens (tertiary/aromatic N) is 1. The van der Waals surface area contributed by atoms with E-state index in [9.17, 15) is 8.42 Å². The molecule has 0 aliphatic heterocycles. The van der Waals surface area contributed by atoms with Crippen molar-refractivity contribution in [1.29, 1.82) is 0 Å². The number of anilines is 1. The topological polar surface area (TPSA) is 46.6 Å². The summed E-state index contributed by atoms with van der Waals surface area (Å²) in [6, 6.07) is 13.9. The average molecular weight is 505 g/mol. The lowest BCUT2D eigenvalue weighted by Gasteiger charge is -2.20. The molecule has 0 spiro atoms. The lowest BCUT2D eigenvalue weighted by Crippen LogP contribution is -2.26. The van der Waals surface area contributed by atoms with E-state index in [0.29, 0.717) is 16.8 Å². The minimum atomic E-state index is -3.62. The molecule has 2 aromatic carbocycles. The molecule has 4 nitrogen and oxygen atoms in total. The number of halogens is 2. The molecule has 0 amide bonds. The third-order valence-electron chi connectivity index (χ3n) is 3.97. The van der Waals surface area contributed by atoms with Crippen LogP contribution < -0.4 is 9.04 Å². The lowest BCUT2D eigenvalue weighted by molar-refractivity contribution is 0.305. The van der Waals surface area contributed by atoms with Gasteiger partial charge in [-0.05, 0) is 65.2 Å². The van der Waals surface area contributed by atoms with Crippen molar-refractivity contribution in [3.63, 3.8) is 0 Å². The minimum absolute atomic E-state index is 0.242. The summed E-state index contributed by atoms with van der Waals surface area (Å²) in [6.07, 6.45) is 4.56. The zero-order valence-corrected chi connectivity index (χ0v) is 18.7. The molecule has 0 radical (unpaired) electrons. The highest BCUT2D eigenvalue weighted by atomic mass is 79.9. The SMILES string of the molecule is CN(c1ccc(OCCCCCCBr)cc1)S(=O)(=O)c1ccccc1Br. The molecular formula is C19H23Br2NO3S. The normalized spacial score (nSPS) is 11.3. The van der Waals surface area contributed by atoms with Crippen molar-refractivity contribution in [2.75, 3.05) is 23.3 Å². The highest BCUT2D eigenvalue weighted by Crippen LogP contribution is 2.28. The Bertz CT molecular complexity index is 795. The predicted octanol–water partition coefficient (Wildman–Crippen LogP) is 5.61. The van der Waals surface area contributed by atoms with Crippen LogP contribution in [0.2, 0.25) is 0 Å². The Morgan fingerprint density at radius 1 is 0.962 bits per heavy atom. The molecule has 26 heavy (non-hydrogen) atoms. The lowest BCUT2D eigenvalue weighted by atomic mass is 10.2. The van der Waals surface area contributed by atoms with Crippen LogP contribution in [0, 0.1) is 0 Å². The Hall–Kier alpha value is -1.05. The molecule has 142 valence electrons. The maximum Gasteiger partial charge on any atom is 0.265 e. The Balaban J connectivity index is 1.98. The van der Waals surface area contributed by atoms with Crippen LogP contribution in [0.25, 0.3) is 0 Å². The van der Waals surface area contributed by atoms with Gasteiger partial charge in [0, 0.05) is 16.9 Å². The second-order valence-corrected chi connectivity index (χ2v) is 9.43. The molecule has 0 N–H and O–H groups in total. The smallest absolute Gasteiger partial charge is 0.265 e. The highest BCUT2D eigenvalue weighted by Gasteiger charge is 2.23. The second kappa shape index (κ2) is 10.3. The van der Waals surface area contributed by atoms with Gasteiger partial charge in [-0.1, -0.05) is 40.9 Å². The van der Waals surface area contributed by atoms with E-state index in [4.69, 9.17) is 4.74 Å². The first-order valence-corrected chi connectivity index (χ1v) is 11.8. The van der Waals surface area contributed by atoms with Gasteiger partial charge in [0.25, 0.3) is 10.0 Å². The van der Waals surface area contributed by atoms with Gasteiger partial charge in [-0.3, -0.25) is 4.31 Å². The molecule has 0 aromatic heterocycles. The van der Waals surface area contributed by atoms with Crippen molar-refractivity contribution in [2.45, 2.75) is 30.6 Å². The molecule has 0 heterocycles. The van der Waals surface area contributed by atoms with Crippen molar-refractivity contribution in [3.05, 3.63) is 53.0 Å². The van der Waals surface area contributed by atoms with Crippen LogP contribution in [0.4, 0.5) is 5.69 Å². The fourth-order valence-electron chi connectivity index (χ4n) is 2.43. The Kier molecular flexibility index (Phi) is 8.44. The van der Waals surface area contributed by atoms with E-state index < -0.39 is 10.0 Å². The van der Waals surface area contributed by atoms with Crippen molar-refractivity contribution in [1.82, 2.24) is 0 Å². The number of rotatable bonds is 10. The van der Waals surface area contributed by atoms with Crippen molar-refractivity contribution >= 4 is 47.6 Å². The summed E-state index contributed by atoms with van der Waals surface area (Å²) in [5.74, 6) is 0.751. The number of sulfonamides is 1. The summed E-state index contributed by atoms with van der Waals surface area (Å²) in [7, 11) is -2.07. The molecular weight excluding hydrogens is 482 g/mol. The summed E-state index contributed by atoms with van der Waals surface area (Å²) in [5.41, 5.74) is 0.588. The first kappa shape index (κ1) is 21.3. The zero-order chi connectivity index (χ0) is 19.0. The molecule has 0 atom stereocenters. The molecule has 0 aliphatic carbocycles. The Morgan fingerprint density at radius 3 is 2.27 bits per heavy atom. The third kappa shape index (κ3) is 5.72. The van der Waals surface area contributed by atoms with Crippen LogP contribution in [0.3, 0.4) is 0 Å². The molecule has 0 saturated heterocycles. The van der Waals surface area contributed by atoms with E-state index in [-0.39, 0.29) is 4.90 Å². The molecule has 0 saturated carbocycles. The molecule has 0 bridgehead atoms. The van der Waals surface area contributed by atoms with Crippen LogP contribution in [0.5, 0.6) is 5.75 Å². The second-order valence-electron chi connectivity index (χ2n) is 5.85. The predicted molar refractivity (Wildman–Crippen MR) is 114 cm³/mol. The number of hydrogen-bond donors (Lipinski definition) is 0. The molecule has 0 fully saturated rings. The molecule has 2 rings (SSSR count).